The highest BCUT2D eigenvalue weighted by atomic mass is 16.6. The van der Waals surface area contributed by atoms with Gasteiger partial charge in [-0.25, -0.2) is 9.78 Å². The quantitative estimate of drug-likeness (QED) is 0.357. The Kier molecular flexibility index (Phi) is 11.3. The maximum absolute atomic E-state index is 12.8. The second-order valence-electron chi connectivity index (χ2n) is 7.51. The normalized spacial score (nSPS) is 23.7. The number of amides is 1. The highest BCUT2D eigenvalue weighted by Gasteiger charge is 2.36. The second-order valence-corrected chi connectivity index (χ2v) is 7.51. The molecule has 1 amide bonds. The molecule has 1 aliphatic heterocycles. The molecular weight excluding hydrogens is 436 g/mol. The fourth-order valence-corrected chi connectivity index (χ4v) is 3.23. The molecular formula is C22H34N2O9. The molecule has 0 saturated carbocycles. The monoisotopic (exact) mass is 470 g/mol. The molecule has 1 aliphatic rings. The molecule has 33 heavy (non-hydrogen) atoms. The fraction of sp³-hybridized carbons (Fsp3) is 0.682. The van der Waals surface area contributed by atoms with E-state index in [1.807, 2.05) is 0 Å². The first-order valence-electron chi connectivity index (χ1n) is 11.0. The Morgan fingerprint density at radius 3 is 2.73 bits per heavy atom. The number of nitrogens with zero attached hydrogens (tertiary/aromatic N) is 1. The largest absolute Gasteiger partial charge is 0.503 e. The van der Waals surface area contributed by atoms with Crippen LogP contribution in [0.5, 0.6) is 11.5 Å². The van der Waals surface area contributed by atoms with Crippen molar-refractivity contribution in [1.29, 1.82) is 0 Å². The van der Waals surface area contributed by atoms with E-state index in [4.69, 9.17) is 28.4 Å². The number of cyclic esters (lactones) is 1. The summed E-state index contributed by atoms with van der Waals surface area (Å²) in [7, 11) is 2.92. The third kappa shape index (κ3) is 7.81. The Morgan fingerprint density at radius 1 is 1.24 bits per heavy atom. The lowest BCUT2D eigenvalue weighted by atomic mass is 10.1. The van der Waals surface area contributed by atoms with Gasteiger partial charge in [0.05, 0.1) is 33.5 Å². The van der Waals surface area contributed by atoms with Gasteiger partial charge >= 0.3 is 5.97 Å². The molecule has 0 bridgehead atoms. The number of pyridine rings is 1. The number of nitrogens with one attached hydrogen (secondary N) is 1. The summed E-state index contributed by atoms with van der Waals surface area (Å²) in [5.41, 5.74) is -0.281. The van der Waals surface area contributed by atoms with Crippen molar-refractivity contribution in [3.63, 3.8) is 0 Å². The van der Waals surface area contributed by atoms with Gasteiger partial charge in [0, 0.05) is 26.0 Å². The summed E-state index contributed by atoms with van der Waals surface area (Å²) in [6, 6.07) is 0.287. The first-order chi connectivity index (χ1) is 15.9. The Balaban J connectivity index is 2.13. The summed E-state index contributed by atoms with van der Waals surface area (Å²) < 4.78 is 33.2. The van der Waals surface area contributed by atoms with Crippen LogP contribution in [0.1, 0.15) is 37.2 Å². The number of rotatable bonds is 11. The van der Waals surface area contributed by atoms with Gasteiger partial charge < -0.3 is 38.8 Å². The van der Waals surface area contributed by atoms with Gasteiger partial charge in [-0.05, 0) is 13.3 Å². The molecule has 1 aromatic heterocycles. The van der Waals surface area contributed by atoms with Crippen molar-refractivity contribution in [3.8, 4) is 11.5 Å². The summed E-state index contributed by atoms with van der Waals surface area (Å²) in [5, 5.41) is 12.7. The third-order valence-electron chi connectivity index (χ3n) is 5.04. The minimum absolute atomic E-state index is 0.0835. The molecule has 4 atom stereocenters. The van der Waals surface area contributed by atoms with E-state index in [9.17, 15) is 14.7 Å². The molecule has 0 aliphatic carbocycles. The van der Waals surface area contributed by atoms with Crippen molar-refractivity contribution in [2.45, 2.75) is 51.0 Å². The molecule has 11 heteroatoms. The highest BCUT2D eigenvalue weighted by Crippen LogP contribution is 2.27. The van der Waals surface area contributed by atoms with Crippen molar-refractivity contribution in [3.05, 3.63) is 18.0 Å². The van der Waals surface area contributed by atoms with Crippen LogP contribution in [0.3, 0.4) is 0 Å². The number of hydrogen-bond acceptors (Lipinski definition) is 10. The van der Waals surface area contributed by atoms with E-state index >= 15 is 0 Å². The van der Waals surface area contributed by atoms with Crippen molar-refractivity contribution < 1.29 is 43.1 Å². The molecule has 1 aromatic rings. The van der Waals surface area contributed by atoms with E-state index in [0.29, 0.717) is 13.2 Å². The first kappa shape index (κ1) is 26.8. The average molecular weight is 471 g/mol. The van der Waals surface area contributed by atoms with E-state index in [2.05, 4.69) is 17.2 Å². The van der Waals surface area contributed by atoms with Crippen LogP contribution >= 0.6 is 0 Å². The number of ether oxygens (including phenoxy) is 6. The average Bonchev–Trinajstić information content (AvgIpc) is 2.84. The number of unbranched alkanes of at least 4 members (excludes halogenated alkanes) is 1. The number of carbonyl (C=O) groups excluding carboxylic acids is 2. The molecule has 0 aromatic carbocycles. The number of carbonyl (C=O) groups is 2. The molecule has 2 rings (SSSR count). The van der Waals surface area contributed by atoms with Gasteiger partial charge in [-0.15, -0.1) is 0 Å². The number of esters is 1. The van der Waals surface area contributed by atoms with Crippen molar-refractivity contribution >= 4 is 11.9 Å². The SMILES string of the molecule is CCCCOC1COC[C@H](NC(=O)c2nccc(OC)c2O)C(=O)O[C@@H](C)[C@@H]1OCCOC. The molecule has 0 radical (unpaired) electrons. The molecule has 1 saturated heterocycles. The van der Waals surface area contributed by atoms with Crippen LogP contribution in [0.4, 0.5) is 0 Å². The zero-order valence-corrected chi connectivity index (χ0v) is 19.6. The molecule has 2 N–H and O–H groups in total. The lowest BCUT2D eigenvalue weighted by molar-refractivity contribution is -0.169. The number of aromatic hydroxyl groups is 1. The van der Waals surface area contributed by atoms with Crippen LogP contribution in [0, 0.1) is 0 Å². The van der Waals surface area contributed by atoms with Crippen LogP contribution in [-0.2, 0) is 28.5 Å². The fourth-order valence-electron chi connectivity index (χ4n) is 3.23. The molecule has 1 fully saturated rings. The van der Waals surface area contributed by atoms with E-state index in [1.54, 1.807) is 14.0 Å². The van der Waals surface area contributed by atoms with Crippen LogP contribution in [0.15, 0.2) is 12.3 Å². The summed E-state index contributed by atoms with van der Waals surface area (Å²) in [4.78, 5) is 29.4. The van der Waals surface area contributed by atoms with Gasteiger partial charge in [0.1, 0.15) is 18.3 Å². The summed E-state index contributed by atoms with van der Waals surface area (Å²) >= 11 is 0. The van der Waals surface area contributed by atoms with Gasteiger partial charge in [0.2, 0.25) is 0 Å². The Bertz CT molecular complexity index is 761. The molecule has 1 unspecified atom stereocenters. The van der Waals surface area contributed by atoms with Gasteiger partial charge in [-0.1, -0.05) is 13.3 Å². The summed E-state index contributed by atoms with van der Waals surface area (Å²) in [6.45, 7) is 4.91. The van der Waals surface area contributed by atoms with Crippen molar-refractivity contribution in [2.75, 3.05) is 47.3 Å². The Labute approximate surface area is 193 Å². The predicted molar refractivity (Wildman–Crippen MR) is 116 cm³/mol. The zero-order valence-electron chi connectivity index (χ0n) is 19.6. The Hall–Kier alpha value is -2.47. The maximum atomic E-state index is 12.8. The molecule has 11 nitrogen and oxygen atoms in total. The topological polar surface area (TPSA) is 135 Å². The standard InChI is InChI=1S/C22H34N2O9/c1-5-6-9-31-17-13-30-12-15(22(27)33-14(2)20(17)32-11-10-28-3)24-21(26)18-19(25)16(29-4)7-8-23-18/h7-8,14-15,17,20,25H,5-6,9-13H2,1-4H3,(H,24,26)/t14-,15-,17?,20-/m0/s1. The lowest BCUT2D eigenvalue weighted by Crippen LogP contribution is -2.47. The van der Waals surface area contributed by atoms with Gasteiger partial charge in [0.15, 0.2) is 23.2 Å². The van der Waals surface area contributed by atoms with E-state index in [0.717, 1.165) is 12.8 Å². The van der Waals surface area contributed by atoms with Crippen LogP contribution < -0.4 is 10.1 Å². The molecule has 2 heterocycles. The molecule has 186 valence electrons. The minimum Gasteiger partial charge on any atom is -0.503 e. The van der Waals surface area contributed by atoms with Gasteiger partial charge in [-0.3, -0.25) is 4.79 Å². The predicted octanol–water partition coefficient (Wildman–Crippen LogP) is 1.07. The van der Waals surface area contributed by atoms with E-state index in [-0.39, 0.29) is 31.3 Å². The van der Waals surface area contributed by atoms with Gasteiger partial charge in [-0.2, -0.15) is 0 Å². The summed E-state index contributed by atoms with van der Waals surface area (Å²) in [5.74, 6) is -1.82. The van der Waals surface area contributed by atoms with Crippen LogP contribution in [0.25, 0.3) is 0 Å². The van der Waals surface area contributed by atoms with Crippen LogP contribution in [-0.4, -0.2) is 93.6 Å². The maximum Gasteiger partial charge on any atom is 0.331 e. The van der Waals surface area contributed by atoms with Crippen molar-refractivity contribution in [2.24, 2.45) is 0 Å². The highest BCUT2D eigenvalue weighted by molar-refractivity contribution is 5.98. The summed E-state index contributed by atoms with van der Waals surface area (Å²) in [6.07, 6.45) is 1.41. The Morgan fingerprint density at radius 2 is 2.03 bits per heavy atom. The number of methoxy groups -OCH3 is 2. The van der Waals surface area contributed by atoms with Gasteiger partial charge in [0.25, 0.3) is 5.91 Å². The lowest BCUT2D eigenvalue weighted by Gasteiger charge is -2.30. The second kappa shape index (κ2) is 13.9. The number of hydrogen-bond donors (Lipinski definition) is 2. The number of aromatic nitrogens is 1. The zero-order chi connectivity index (χ0) is 24.2. The van der Waals surface area contributed by atoms with E-state index < -0.39 is 42.0 Å². The third-order valence-corrected chi connectivity index (χ3v) is 5.04. The first-order valence-corrected chi connectivity index (χ1v) is 11.0. The minimum atomic E-state index is -1.12. The van der Waals surface area contributed by atoms with Crippen LogP contribution in [0.2, 0.25) is 0 Å². The molecule has 0 spiro atoms. The van der Waals surface area contributed by atoms with Crippen molar-refractivity contribution in [1.82, 2.24) is 10.3 Å². The van der Waals surface area contributed by atoms with E-state index in [1.165, 1.54) is 19.4 Å². The smallest absolute Gasteiger partial charge is 0.331 e.